The highest BCUT2D eigenvalue weighted by molar-refractivity contribution is 7.07. The number of hydrogen-bond acceptors (Lipinski definition) is 4. The molecule has 84 valence electrons. The molecule has 0 saturated heterocycles. The Labute approximate surface area is 102 Å². The average Bonchev–Trinajstić information content (AvgIpc) is 2.91. The van der Waals surface area contributed by atoms with E-state index in [2.05, 4.69) is 9.97 Å². The molecular formula is C13H10N2OS. The van der Waals surface area contributed by atoms with Crippen molar-refractivity contribution < 1.29 is 5.11 Å². The fourth-order valence-corrected chi connectivity index (χ4v) is 2.36. The number of benzene rings is 1. The largest absolute Gasteiger partial charge is 0.382 e. The lowest BCUT2D eigenvalue weighted by atomic mass is 10.0. The smallest absolute Gasteiger partial charge is 0.122 e. The number of aromatic nitrogens is 2. The van der Waals surface area contributed by atoms with Crippen LogP contribution in [0.2, 0.25) is 0 Å². The van der Waals surface area contributed by atoms with E-state index in [-0.39, 0.29) is 0 Å². The maximum Gasteiger partial charge on any atom is 0.122 e. The minimum atomic E-state index is -0.661. The first-order chi connectivity index (χ1) is 8.34. The van der Waals surface area contributed by atoms with E-state index in [0.717, 1.165) is 16.5 Å². The van der Waals surface area contributed by atoms with Crippen molar-refractivity contribution in [2.45, 2.75) is 6.10 Å². The van der Waals surface area contributed by atoms with Gasteiger partial charge >= 0.3 is 0 Å². The molecular weight excluding hydrogens is 232 g/mol. The van der Waals surface area contributed by atoms with E-state index in [1.165, 1.54) is 11.3 Å². The van der Waals surface area contributed by atoms with E-state index in [1.807, 2.05) is 35.7 Å². The van der Waals surface area contributed by atoms with Gasteiger partial charge in [-0.05, 0) is 23.8 Å². The van der Waals surface area contributed by atoms with Gasteiger partial charge in [-0.15, -0.1) is 11.3 Å². The van der Waals surface area contributed by atoms with Crippen molar-refractivity contribution in [3.05, 3.63) is 58.7 Å². The van der Waals surface area contributed by atoms with Crippen molar-refractivity contribution in [3.63, 3.8) is 0 Å². The lowest BCUT2D eigenvalue weighted by molar-refractivity contribution is 0.216. The number of hydrogen-bond donors (Lipinski definition) is 1. The van der Waals surface area contributed by atoms with E-state index in [9.17, 15) is 5.11 Å². The molecule has 0 spiro atoms. The van der Waals surface area contributed by atoms with Crippen LogP contribution >= 0.6 is 11.3 Å². The van der Waals surface area contributed by atoms with Gasteiger partial charge in [0.25, 0.3) is 0 Å². The van der Waals surface area contributed by atoms with Gasteiger partial charge in [-0.2, -0.15) is 0 Å². The van der Waals surface area contributed by atoms with Gasteiger partial charge in [0.2, 0.25) is 0 Å². The first-order valence-electron chi connectivity index (χ1n) is 5.25. The second-order valence-corrected chi connectivity index (χ2v) is 4.49. The zero-order valence-corrected chi connectivity index (χ0v) is 9.76. The van der Waals surface area contributed by atoms with Crippen molar-refractivity contribution in [1.82, 2.24) is 9.97 Å². The highest BCUT2D eigenvalue weighted by Gasteiger charge is 2.12. The molecule has 2 heterocycles. The van der Waals surface area contributed by atoms with Gasteiger partial charge in [-0.3, -0.25) is 4.98 Å². The lowest BCUT2D eigenvalue weighted by Gasteiger charge is -2.08. The minimum absolute atomic E-state index is 0.661. The molecule has 1 aromatic carbocycles. The normalized spacial score (nSPS) is 12.8. The first-order valence-corrected chi connectivity index (χ1v) is 6.20. The highest BCUT2D eigenvalue weighted by Crippen LogP contribution is 2.24. The molecule has 1 atom stereocenters. The number of nitrogens with zero attached hydrogens (tertiary/aromatic N) is 2. The zero-order valence-electron chi connectivity index (χ0n) is 8.95. The molecule has 0 amide bonds. The second kappa shape index (κ2) is 4.24. The van der Waals surface area contributed by atoms with Crippen LogP contribution in [0.3, 0.4) is 0 Å². The molecule has 0 saturated carbocycles. The van der Waals surface area contributed by atoms with Crippen LogP contribution in [0.25, 0.3) is 10.9 Å². The molecule has 3 nitrogen and oxygen atoms in total. The summed E-state index contributed by atoms with van der Waals surface area (Å²) in [6, 6.07) is 9.63. The third-order valence-corrected chi connectivity index (χ3v) is 3.28. The molecule has 0 aliphatic carbocycles. The Morgan fingerprint density at radius 3 is 2.94 bits per heavy atom. The molecule has 3 rings (SSSR count). The summed E-state index contributed by atoms with van der Waals surface area (Å²) in [4.78, 5) is 8.37. The fourth-order valence-electron chi connectivity index (χ4n) is 1.79. The maximum atomic E-state index is 10.2. The number of rotatable bonds is 2. The Bertz CT molecular complexity index is 637. The molecule has 0 aliphatic rings. The summed E-state index contributed by atoms with van der Waals surface area (Å²) in [5, 5.41) is 13.1. The summed E-state index contributed by atoms with van der Waals surface area (Å²) in [6.45, 7) is 0. The second-order valence-electron chi connectivity index (χ2n) is 3.77. The zero-order chi connectivity index (χ0) is 11.7. The minimum Gasteiger partial charge on any atom is -0.382 e. The predicted molar refractivity (Wildman–Crippen MR) is 67.9 cm³/mol. The quantitative estimate of drug-likeness (QED) is 0.751. The van der Waals surface area contributed by atoms with Crippen LogP contribution in [0, 0.1) is 0 Å². The van der Waals surface area contributed by atoms with Crippen LogP contribution in [-0.4, -0.2) is 15.1 Å². The Balaban J connectivity index is 2.06. The molecule has 0 radical (unpaired) electrons. The molecule has 0 bridgehead atoms. The van der Waals surface area contributed by atoms with Gasteiger partial charge in [-0.25, -0.2) is 4.98 Å². The summed E-state index contributed by atoms with van der Waals surface area (Å²) in [6.07, 6.45) is 1.10. The Hall–Kier alpha value is -1.78. The van der Waals surface area contributed by atoms with Crippen molar-refractivity contribution in [2.75, 3.05) is 0 Å². The van der Waals surface area contributed by atoms with Crippen LogP contribution in [0.15, 0.2) is 47.4 Å². The van der Waals surface area contributed by atoms with Gasteiger partial charge in [0.05, 0.1) is 16.7 Å². The van der Waals surface area contributed by atoms with Crippen LogP contribution in [0.5, 0.6) is 0 Å². The lowest BCUT2D eigenvalue weighted by Crippen LogP contribution is -1.99. The van der Waals surface area contributed by atoms with Crippen molar-refractivity contribution in [3.8, 4) is 0 Å². The number of aliphatic hydroxyl groups is 1. The van der Waals surface area contributed by atoms with Crippen LogP contribution in [0.4, 0.5) is 0 Å². The van der Waals surface area contributed by atoms with Crippen LogP contribution < -0.4 is 0 Å². The summed E-state index contributed by atoms with van der Waals surface area (Å²) < 4.78 is 0. The van der Waals surface area contributed by atoms with Crippen molar-refractivity contribution in [1.29, 1.82) is 0 Å². The summed E-state index contributed by atoms with van der Waals surface area (Å²) in [5.41, 5.74) is 4.19. The van der Waals surface area contributed by atoms with Crippen molar-refractivity contribution in [2.24, 2.45) is 0 Å². The van der Waals surface area contributed by atoms with E-state index in [0.29, 0.717) is 5.69 Å². The SMILES string of the molecule is OC(c1ccc2ncccc2c1)c1cscn1. The van der Waals surface area contributed by atoms with Gasteiger partial charge in [0.15, 0.2) is 0 Å². The summed E-state index contributed by atoms with van der Waals surface area (Å²) in [7, 11) is 0. The number of fused-ring (bicyclic) bond motifs is 1. The molecule has 3 aromatic rings. The van der Waals surface area contributed by atoms with Gasteiger partial charge in [-0.1, -0.05) is 12.1 Å². The molecule has 2 aromatic heterocycles. The summed E-state index contributed by atoms with van der Waals surface area (Å²) in [5.74, 6) is 0. The molecule has 0 aliphatic heterocycles. The first kappa shape index (κ1) is 10.4. The van der Waals surface area contributed by atoms with Crippen molar-refractivity contribution >= 4 is 22.2 Å². The van der Waals surface area contributed by atoms with E-state index in [1.54, 1.807) is 11.7 Å². The predicted octanol–water partition coefficient (Wildman–Crippen LogP) is 2.77. The highest BCUT2D eigenvalue weighted by atomic mass is 32.1. The van der Waals surface area contributed by atoms with E-state index in [4.69, 9.17) is 0 Å². The molecule has 4 heteroatoms. The third kappa shape index (κ3) is 1.92. The molecule has 1 unspecified atom stereocenters. The Kier molecular flexibility index (Phi) is 2.59. The molecule has 17 heavy (non-hydrogen) atoms. The fraction of sp³-hybridized carbons (Fsp3) is 0.0769. The molecule has 0 fully saturated rings. The maximum absolute atomic E-state index is 10.2. The number of thiazole rings is 1. The van der Waals surface area contributed by atoms with Crippen LogP contribution in [-0.2, 0) is 0 Å². The number of pyridine rings is 1. The topological polar surface area (TPSA) is 46.0 Å². The standard InChI is InChI=1S/C13H10N2OS/c16-13(12-7-17-8-15-12)10-3-4-11-9(6-10)2-1-5-14-11/h1-8,13,16H. The summed E-state index contributed by atoms with van der Waals surface area (Å²) >= 11 is 1.48. The average molecular weight is 242 g/mol. The third-order valence-electron chi connectivity index (χ3n) is 2.67. The van der Waals surface area contributed by atoms with Gasteiger partial charge < -0.3 is 5.11 Å². The van der Waals surface area contributed by atoms with Gasteiger partial charge in [0, 0.05) is 17.0 Å². The number of aliphatic hydroxyl groups excluding tert-OH is 1. The van der Waals surface area contributed by atoms with E-state index < -0.39 is 6.10 Å². The van der Waals surface area contributed by atoms with Gasteiger partial charge in [0.1, 0.15) is 6.10 Å². The Morgan fingerprint density at radius 1 is 1.18 bits per heavy atom. The molecule has 1 N–H and O–H groups in total. The monoisotopic (exact) mass is 242 g/mol. The Morgan fingerprint density at radius 2 is 2.12 bits per heavy atom. The van der Waals surface area contributed by atoms with E-state index >= 15 is 0 Å². The van der Waals surface area contributed by atoms with Crippen LogP contribution in [0.1, 0.15) is 17.4 Å².